The first-order valence-corrected chi connectivity index (χ1v) is 10.4. The van der Waals surface area contributed by atoms with E-state index in [4.69, 9.17) is 27.6 Å². The molecule has 2 heterocycles. The maximum atomic E-state index is 12.7. The van der Waals surface area contributed by atoms with Crippen LogP contribution in [0.15, 0.2) is 63.9 Å². The second kappa shape index (κ2) is 8.58. The van der Waals surface area contributed by atoms with Crippen LogP contribution in [0.3, 0.4) is 0 Å². The van der Waals surface area contributed by atoms with E-state index in [9.17, 15) is 19.7 Å². The quantitative estimate of drug-likeness (QED) is 0.241. The van der Waals surface area contributed by atoms with Gasteiger partial charge in [0.25, 0.3) is 16.8 Å². The van der Waals surface area contributed by atoms with E-state index in [2.05, 4.69) is 0 Å². The molecule has 10 heteroatoms. The highest BCUT2D eigenvalue weighted by Crippen LogP contribution is 2.36. The molecule has 3 aromatic rings. The van der Waals surface area contributed by atoms with Crippen LogP contribution in [0.4, 0.5) is 10.5 Å². The number of para-hydroxylation sites is 1. The smallest absolute Gasteiger partial charge is 0.293 e. The third kappa shape index (κ3) is 4.36. The van der Waals surface area contributed by atoms with Gasteiger partial charge in [-0.25, -0.2) is 0 Å². The molecule has 4 rings (SSSR count). The molecular weight excluding hydrogens is 463 g/mol. The highest BCUT2D eigenvalue weighted by molar-refractivity contribution is 8.18. The molecule has 2 aromatic carbocycles. The Morgan fingerprint density at radius 3 is 2.61 bits per heavy atom. The van der Waals surface area contributed by atoms with Gasteiger partial charge in [0.15, 0.2) is 0 Å². The summed E-state index contributed by atoms with van der Waals surface area (Å²) in [5.41, 5.74) is 0.755. The summed E-state index contributed by atoms with van der Waals surface area (Å²) in [5.74, 6) is 0.292. The number of thioether (sulfide) groups is 1. The number of carbonyl (C=O) groups is 2. The maximum absolute atomic E-state index is 12.7. The average Bonchev–Trinajstić information content (AvgIpc) is 3.28. The van der Waals surface area contributed by atoms with Gasteiger partial charge in [-0.3, -0.25) is 24.6 Å². The summed E-state index contributed by atoms with van der Waals surface area (Å²) in [4.78, 5) is 36.9. The van der Waals surface area contributed by atoms with E-state index in [0.29, 0.717) is 27.1 Å². The van der Waals surface area contributed by atoms with E-state index in [1.807, 2.05) is 0 Å². The zero-order valence-corrected chi connectivity index (χ0v) is 17.9. The van der Waals surface area contributed by atoms with Crippen molar-refractivity contribution < 1.29 is 18.9 Å². The summed E-state index contributed by atoms with van der Waals surface area (Å²) >= 11 is 12.9. The number of hydrogen-bond donors (Lipinski definition) is 0. The fourth-order valence-corrected chi connectivity index (χ4v) is 4.34. The van der Waals surface area contributed by atoms with Crippen molar-refractivity contribution in [3.8, 4) is 11.3 Å². The zero-order chi connectivity index (χ0) is 22.1. The molecule has 0 unspecified atom stereocenters. The van der Waals surface area contributed by atoms with Crippen LogP contribution in [0.25, 0.3) is 17.4 Å². The summed E-state index contributed by atoms with van der Waals surface area (Å²) in [7, 11) is 0. The topological polar surface area (TPSA) is 93.7 Å². The van der Waals surface area contributed by atoms with E-state index in [0.717, 1.165) is 16.7 Å². The molecular formula is C21H12Cl2N2O5S. The maximum Gasteiger partial charge on any atom is 0.293 e. The number of hydrogen-bond acceptors (Lipinski definition) is 6. The molecule has 7 nitrogen and oxygen atoms in total. The van der Waals surface area contributed by atoms with Gasteiger partial charge < -0.3 is 4.42 Å². The van der Waals surface area contributed by atoms with Crippen LogP contribution in [0, 0.1) is 10.1 Å². The lowest BCUT2D eigenvalue weighted by molar-refractivity contribution is -0.385. The third-order valence-corrected chi connectivity index (χ3v) is 5.94. The Kier molecular flexibility index (Phi) is 5.86. The summed E-state index contributed by atoms with van der Waals surface area (Å²) in [5, 5.41) is 11.6. The van der Waals surface area contributed by atoms with Crippen LogP contribution in [0.5, 0.6) is 0 Å². The number of nitrogens with zero attached hydrogens (tertiary/aromatic N) is 2. The van der Waals surface area contributed by atoms with Crippen molar-refractivity contribution in [2.24, 2.45) is 0 Å². The largest absolute Gasteiger partial charge is 0.457 e. The fourth-order valence-electron chi connectivity index (χ4n) is 3.02. The Labute approximate surface area is 190 Å². The lowest BCUT2D eigenvalue weighted by atomic mass is 10.1. The molecule has 1 aromatic heterocycles. The number of rotatable bonds is 5. The van der Waals surface area contributed by atoms with E-state index in [1.54, 1.807) is 36.4 Å². The molecule has 0 bridgehead atoms. The number of halogens is 2. The SMILES string of the molecule is O=C1S/C(=C/c2ccc(-c3ccc(Cl)cc3Cl)o2)C(=O)N1Cc1ccccc1[N+](=O)[O-]. The molecule has 0 N–H and O–H groups in total. The predicted molar refractivity (Wildman–Crippen MR) is 119 cm³/mol. The number of amides is 2. The first kappa shape index (κ1) is 21.2. The van der Waals surface area contributed by atoms with Gasteiger partial charge in [-0.1, -0.05) is 41.4 Å². The number of carbonyl (C=O) groups excluding carboxylic acids is 2. The molecule has 1 aliphatic heterocycles. The number of benzene rings is 2. The lowest BCUT2D eigenvalue weighted by Gasteiger charge is -2.12. The number of imide groups is 1. The molecule has 1 saturated heterocycles. The van der Waals surface area contributed by atoms with Crippen molar-refractivity contribution in [2.75, 3.05) is 0 Å². The van der Waals surface area contributed by atoms with Crippen LogP contribution in [-0.4, -0.2) is 21.0 Å². The Morgan fingerprint density at radius 2 is 1.87 bits per heavy atom. The van der Waals surface area contributed by atoms with E-state index >= 15 is 0 Å². The van der Waals surface area contributed by atoms with Gasteiger partial charge in [0.1, 0.15) is 11.5 Å². The standard InChI is InChI=1S/C21H12Cl2N2O5S/c22-13-5-7-15(16(23)9-13)18-8-6-14(30-18)10-19-20(26)24(21(27)31-19)11-12-3-1-2-4-17(12)25(28)29/h1-10H,11H2/b19-10+. The molecule has 1 fully saturated rings. The molecule has 156 valence electrons. The normalized spacial score (nSPS) is 15.2. The monoisotopic (exact) mass is 474 g/mol. The average molecular weight is 475 g/mol. The minimum absolute atomic E-state index is 0.152. The van der Waals surface area contributed by atoms with Gasteiger partial charge in [-0.15, -0.1) is 0 Å². The Morgan fingerprint density at radius 1 is 1.10 bits per heavy atom. The van der Waals surface area contributed by atoms with Crippen LogP contribution in [0.1, 0.15) is 11.3 Å². The minimum Gasteiger partial charge on any atom is -0.457 e. The second-order valence-electron chi connectivity index (χ2n) is 6.48. The Balaban J connectivity index is 1.57. The van der Waals surface area contributed by atoms with Crippen LogP contribution < -0.4 is 0 Å². The summed E-state index contributed by atoms with van der Waals surface area (Å²) in [6.45, 7) is -0.192. The Bertz CT molecular complexity index is 1250. The molecule has 2 amide bonds. The lowest BCUT2D eigenvalue weighted by Crippen LogP contribution is -2.27. The molecule has 0 saturated carbocycles. The number of furan rings is 1. The number of nitro groups is 1. The van der Waals surface area contributed by atoms with Crippen molar-refractivity contribution in [3.63, 3.8) is 0 Å². The van der Waals surface area contributed by atoms with Crippen molar-refractivity contribution in [3.05, 3.63) is 91.0 Å². The van der Waals surface area contributed by atoms with Gasteiger partial charge in [-0.05, 0) is 42.1 Å². The van der Waals surface area contributed by atoms with E-state index in [-0.39, 0.29) is 22.7 Å². The van der Waals surface area contributed by atoms with Gasteiger partial charge in [0, 0.05) is 28.3 Å². The first-order valence-electron chi connectivity index (χ1n) is 8.86. The van der Waals surface area contributed by atoms with Gasteiger partial charge in [0.2, 0.25) is 0 Å². The van der Waals surface area contributed by atoms with E-state index in [1.165, 1.54) is 24.3 Å². The molecule has 1 aliphatic rings. The van der Waals surface area contributed by atoms with Crippen LogP contribution >= 0.6 is 35.0 Å². The minimum atomic E-state index is -0.546. The Hall–Kier alpha value is -3.07. The molecule has 0 radical (unpaired) electrons. The molecule has 0 spiro atoms. The summed E-state index contributed by atoms with van der Waals surface area (Å²) in [6, 6.07) is 14.3. The number of nitro benzene ring substituents is 1. The predicted octanol–water partition coefficient (Wildman–Crippen LogP) is 6.40. The second-order valence-corrected chi connectivity index (χ2v) is 8.32. The fraction of sp³-hybridized carbons (Fsp3) is 0.0476. The van der Waals surface area contributed by atoms with Crippen LogP contribution in [-0.2, 0) is 11.3 Å². The summed E-state index contributed by atoms with van der Waals surface area (Å²) in [6.07, 6.45) is 1.46. The van der Waals surface area contributed by atoms with Crippen molar-refractivity contribution in [1.82, 2.24) is 4.90 Å². The van der Waals surface area contributed by atoms with Gasteiger partial charge in [-0.2, -0.15) is 0 Å². The van der Waals surface area contributed by atoms with E-state index < -0.39 is 16.1 Å². The van der Waals surface area contributed by atoms with Gasteiger partial charge >= 0.3 is 0 Å². The van der Waals surface area contributed by atoms with Crippen molar-refractivity contribution >= 4 is 57.9 Å². The third-order valence-electron chi connectivity index (χ3n) is 4.49. The molecule has 0 atom stereocenters. The molecule has 31 heavy (non-hydrogen) atoms. The highest BCUT2D eigenvalue weighted by atomic mass is 35.5. The van der Waals surface area contributed by atoms with Crippen molar-refractivity contribution in [1.29, 1.82) is 0 Å². The van der Waals surface area contributed by atoms with Crippen LogP contribution in [0.2, 0.25) is 10.0 Å². The first-order chi connectivity index (χ1) is 14.8. The summed E-state index contributed by atoms with van der Waals surface area (Å²) < 4.78 is 5.75. The highest BCUT2D eigenvalue weighted by Gasteiger charge is 2.36. The van der Waals surface area contributed by atoms with Gasteiger partial charge in [0.05, 0.1) is 21.4 Å². The molecule has 0 aliphatic carbocycles. The zero-order valence-electron chi connectivity index (χ0n) is 15.6. The van der Waals surface area contributed by atoms with Crippen molar-refractivity contribution in [2.45, 2.75) is 6.54 Å².